The second-order valence-corrected chi connectivity index (χ2v) is 6.94. The van der Waals surface area contributed by atoms with Crippen LogP contribution in [0.4, 0.5) is 5.69 Å². The van der Waals surface area contributed by atoms with E-state index in [4.69, 9.17) is 20.8 Å². The molecule has 126 valence electrons. The quantitative estimate of drug-likeness (QED) is 0.716. The molecule has 0 bridgehead atoms. The Morgan fingerprint density at radius 2 is 2.08 bits per heavy atom. The minimum atomic E-state index is -3.85. The first-order chi connectivity index (χ1) is 11.4. The molecule has 0 radical (unpaired) electrons. The van der Waals surface area contributed by atoms with Crippen molar-refractivity contribution < 1.29 is 17.6 Å². The van der Waals surface area contributed by atoms with Gasteiger partial charge in [-0.15, -0.1) is 10.2 Å². The first kappa shape index (κ1) is 16.3. The van der Waals surface area contributed by atoms with Crippen LogP contribution < -0.4 is 9.46 Å². The van der Waals surface area contributed by atoms with Gasteiger partial charge in [-0.05, 0) is 24.3 Å². The van der Waals surface area contributed by atoms with Crippen LogP contribution in [0.3, 0.4) is 0 Å². The molecule has 0 atom stereocenters. The van der Waals surface area contributed by atoms with Crippen LogP contribution in [0.2, 0.25) is 5.02 Å². The molecule has 24 heavy (non-hydrogen) atoms. The van der Waals surface area contributed by atoms with E-state index in [0.29, 0.717) is 22.4 Å². The third-order valence-corrected chi connectivity index (χ3v) is 4.71. The van der Waals surface area contributed by atoms with Crippen molar-refractivity contribution in [2.75, 3.05) is 11.8 Å². The number of nitrogens with one attached hydrogen (secondary N) is 2. The lowest BCUT2D eigenvalue weighted by molar-refractivity contribution is 0.417. The van der Waals surface area contributed by atoms with Gasteiger partial charge in [0.1, 0.15) is 16.3 Å². The number of aromatic nitrogens is 3. The molecule has 8 nitrogen and oxygen atoms in total. The average Bonchev–Trinajstić information content (AvgIpc) is 3.16. The highest BCUT2D eigenvalue weighted by Crippen LogP contribution is 2.30. The van der Waals surface area contributed by atoms with E-state index in [2.05, 4.69) is 19.9 Å². The van der Waals surface area contributed by atoms with E-state index in [9.17, 15) is 8.42 Å². The van der Waals surface area contributed by atoms with Crippen molar-refractivity contribution in [3.8, 4) is 17.3 Å². The minimum absolute atomic E-state index is 0.00961. The van der Waals surface area contributed by atoms with Crippen molar-refractivity contribution in [1.82, 2.24) is 15.2 Å². The summed E-state index contributed by atoms with van der Waals surface area (Å²) in [5, 5.41) is 7.91. The van der Waals surface area contributed by atoms with Gasteiger partial charge in [0.05, 0.1) is 12.8 Å². The molecule has 0 spiro atoms. The van der Waals surface area contributed by atoms with Crippen LogP contribution in [0.5, 0.6) is 5.75 Å². The highest BCUT2D eigenvalue weighted by atomic mass is 35.5. The minimum Gasteiger partial charge on any atom is -0.495 e. The molecule has 2 aromatic heterocycles. The Kier molecular flexibility index (Phi) is 4.20. The third kappa shape index (κ3) is 3.22. The Morgan fingerprint density at radius 1 is 1.29 bits per heavy atom. The van der Waals surface area contributed by atoms with Crippen LogP contribution in [-0.2, 0) is 10.0 Å². The normalized spacial score (nSPS) is 11.5. The lowest BCUT2D eigenvalue weighted by Gasteiger charge is -2.11. The number of aromatic amines is 1. The van der Waals surface area contributed by atoms with Gasteiger partial charge in [-0.1, -0.05) is 11.6 Å². The number of H-pyrrole nitrogens is 1. The van der Waals surface area contributed by atoms with Gasteiger partial charge in [0.15, 0.2) is 0 Å². The van der Waals surface area contributed by atoms with Crippen LogP contribution in [0.1, 0.15) is 5.89 Å². The van der Waals surface area contributed by atoms with Gasteiger partial charge in [-0.25, -0.2) is 8.42 Å². The summed E-state index contributed by atoms with van der Waals surface area (Å²) in [5.41, 5.74) is 0.635. The molecule has 0 amide bonds. The number of anilines is 1. The number of methoxy groups -OCH3 is 1. The highest BCUT2D eigenvalue weighted by Gasteiger charge is 2.20. The lowest BCUT2D eigenvalue weighted by Crippen LogP contribution is -2.12. The van der Waals surface area contributed by atoms with Crippen molar-refractivity contribution in [2.45, 2.75) is 11.8 Å². The molecule has 0 unspecified atom stereocenters. The van der Waals surface area contributed by atoms with Gasteiger partial charge in [0.2, 0.25) is 5.89 Å². The number of nitrogens with zero attached hydrogens (tertiary/aromatic N) is 2. The van der Waals surface area contributed by atoms with Crippen LogP contribution in [0, 0.1) is 6.92 Å². The predicted octanol–water partition coefficient (Wildman–Crippen LogP) is 2.84. The fraction of sp³-hybridized carbons (Fsp3) is 0.143. The Balaban J connectivity index is 1.92. The summed E-state index contributed by atoms with van der Waals surface area (Å²) in [7, 11) is -2.41. The maximum absolute atomic E-state index is 12.5. The molecule has 10 heteroatoms. The van der Waals surface area contributed by atoms with Gasteiger partial charge < -0.3 is 14.1 Å². The highest BCUT2D eigenvalue weighted by molar-refractivity contribution is 7.92. The summed E-state index contributed by atoms with van der Waals surface area (Å²) in [6.07, 6.45) is 1.33. The number of halogens is 1. The summed E-state index contributed by atoms with van der Waals surface area (Å²) in [5.74, 6) is 0.936. The fourth-order valence-corrected chi connectivity index (χ4v) is 3.25. The van der Waals surface area contributed by atoms with Crippen LogP contribution in [0.15, 0.2) is 39.8 Å². The number of rotatable bonds is 5. The molecule has 0 aliphatic heterocycles. The van der Waals surface area contributed by atoms with Crippen molar-refractivity contribution >= 4 is 27.3 Å². The van der Waals surface area contributed by atoms with Crippen molar-refractivity contribution in [2.24, 2.45) is 0 Å². The number of ether oxygens (including phenoxy) is 1. The molecule has 0 saturated heterocycles. The van der Waals surface area contributed by atoms with Gasteiger partial charge in [-0.2, -0.15) is 0 Å². The Morgan fingerprint density at radius 3 is 2.75 bits per heavy atom. The summed E-state index contributed by atoms with van der Waals surface area (Å²) < 4.78 is 37.9. The van der Waals surface area contributed by atoms with Crippen LogP contribution >= 0.6 is 11.6 Å². The molecule has 0 saturated carbocycles. The molecule has 3 rings (SSSR count). The molecule has 1 aromatic carbocycles. The number of sulfonamides is 1. The van der Waals surface area contributed by atoms with Gasteiger partial charge in [0, 0.05) is 18.1 Å². The lowest BCUT2D eigenvalue weighted by atomic mass is 10.3. The van der Waals surface area contributed by atoms with E-state index in [-0.39, 0.29) is 16.5 Å². The molecule has 0 aliphatic carbocycles. The first-order valence-electron chi connectivity index (χ1n) is 6.74. The van der Waals surface area contributed by atoms with Crippen molar-refractivity contribution in [3.05, 3.63) is 41.4 Å². The number of hydrogen-bond acceptors (Lipinski definition) is 6. The second-order valence-electron chi connectivity index (χ2n) is 4.83. The molecular formula is C14H13ClN4O4S. The Labute approximate surface area is 142 Å². The van der Waals surface area contributed by atoms with Crippen LogP contribution in [-0.4, -0.2) is 30.7 Å². The zero-order chi connectivity index (χ0) is 17.3. The fourth-order valence-electron chi connectivity index (χ4n) is 2.02. The van der Waals surface area contributed by atoms with Crippen LogP contribution in [0.25, 0.3) is 11.6 Å². The number of aryl methyl sites for hydroxylation is 1. The average molecular weight is 369 g/mol. The maximum Gasteiger partial charge on any atom is 0.264 e. The Bertz CT molecular complexity index is 980. The van der Waals surface area contributed by atoms with E-state index >= 15 is 0 Å². The summed E-state index contributed by atoms with van der Waals surface area (Å²) in [6.45, 7) is 1.64. The van der Waals surface area contributed by atoms with E-state index in [1.54, 1.807) is 19.1 Å². The third-order valence-electron chi connectivity index (χ3n) is 3.13. The molecule has 0 aliphatic rings. The van der Waals surface area contributed by atoms with Crippen molar-refractivity contribution in [3.63, 3.8) is 0 Å². The zero-order valence-corrected chi connectivity index (χ0v) is 14.3. The second kappa shape index (κ2) is 6.17. The number of benzene rings is 1. The maximum atomic E-state index is 12.5. The SMILES string of the molecule is COc1ccc(Cl)cc1NS(=O)(=O)c1c[nH]c(-c2nnc(C)o2)c1. The monoisotopic (exact) mass is 368 g/mol. The largest absolute Gasteiger partial charge is 0.495 e. The van der Waals surface area contributed by atoms with E-state index in [1.807, 2.05) is 0 Å². The van der Waals surface area contributed by atoms with E-state index in [1.165, 1.54) is 25.4 Å². The van der Waals surface area contributed by atoms with Gasteiger partial charge in [-0.3, -0.25) is 4.72 Å². The predicted molar refractivity (Wildman–Crippen MR) is 87.6 cm³/mol. The van der Waals surface area contributed by atoms with E-state index < -0.39 is 10.0 Å². The molecule has 2 heterocycles. The first-order valence-corrected chi connectivity index (χ1v) is 8.60. The summed E-state index contributed by atoms with van der Waals surface area (Å²) in [4.78, 5) is 2.80. The standard InChI is InChI=1S/C14H13ClN4O4S/c1-8-17-18-14(23-8)12-6-10(7-16-12)24(20,21)19-11-5-9(15)3-4-13(11)22-2/h3-7,16,19H,1-2H3. The van der Waals surface area contributed by atoms with Crippen molar-refractivity contribution in [1.29, 1.82) is 0 Å². The molecule has 3 aromatic rings. The zero-order valence-electron chi connectivity index (χ0n) is 12.7. The summed E-state index contributed by atoms with van der Waals surface area (Å²) >= 11 is 5.91. The Hall–Kier alpha value is -2.52. The summed E-state index contributed by atoms with van der Waals surface area (Å²) in [6, 6.07) is 6.04. The number of hydrogen-bond donors (Lipinski definition) is 2. The topological polar surface area (TPSA) is 110 Å². The van der Waals surface area contributed by atoms with E-state index in [0.717, 1.165) is 0 Å². The smallest absolute Gasteiger partial charge is 0.264 e. The van der Waals surface area contributed by atoms with Gasteiger partial charge >= 0.3 is 0 Å². The molecule has 0 fully saturated rings. The molecular weight excluding hydrogens is 356 g/mol. The van der Waals surface area contributed by atoms with Gasteiger partial charge in [0.25, 0.3) is 15.9 Å². The molecule has 2 N–H and O–H groups in total.